The van der Waals surface area contributed by atoms with E-state index < -0.39 is 0 Å². The molecule has 4 heteroatoms. The van der Waals surface area contributed by atoms with Crippen LogP contribution in [0.3, 0.4) is 0 Å². The van der Waals surface area contributed by atoms with Crippen molar-refractivity contribution >= 4 is 23.2 Å². The highest BCUT2D eigenvalue weighted by Crippen LogP contribution is 2.33. The Hall–Kier alpha value is -0.440. The van der Waals surface area contributed by atoms with Gasteiger partial charge in [-0.3, -0.25) is 0 Å². The lowest BCUT2D eigenvalue weighted by molar-refractivity contribution is 0.402. The average Bonchev–Trinajstić information content (AvgIpc) is 1.99. The summed E-state index contributed by atoms with van der Waals surface area (Å²) in [5.41, 5.74) is 6.56. The molecular formula is C11H15Cl2NO. The van der Waals surface area contributed by atoms with Gasteiger partial charge in [0.25, 0.3) is 0 Å². The first-order chi connectivity index (χ1) is 6.83. The van der Waals surface area contributed by atoms with Crippen LogP contribution in [-0.2, 0) is 6.42 Å². The molecule has 0 amide bonds. The van der Waals surface area contributed by atoms with E-state index in [1.54, 1.807) is 13.2 Å². The van der Waals surface area contributed by atoms with Crippen LogP contribution in [0, 0.1) is 0 Å². The molecule has 0 aromatic heterocycles. The van der Waals surface area contributed by atoms with Crippen LogP contribution in [-0.4, -0.2) is 12.6 Å². The number of rotatable bonds is 3. The Bertz CT molecular complexity index is 358. The predicted octanol–water partition coefficient (Wildman–Crippen LogP) is 3.28. The molecule has 0 aliphatic heterocycles. The Labute approximate surface area is 100 Å². The van der Waals surface area contributed by atoms with Gasteiger partial charge in [-0.1, -0.05) is 23.2 Å². The standard InChI is InChI=1S/C11H15Cl2NO/c1-11(2,14)6-7-4-8(12)5-9(13)10(7)15-3/h4-5H,6,14H2,1-3H3. The maximum atomic E-state index is 6.01. The highest BCUT2D eigenvalue weighted by atomic mass is 35.5. The number of methoxy groups -OCH3 is 1. The lowest BCUT2D eigenvalue weighted by atomic mass is 9.95. The number of hydrogen-bond donors (Lipinski definition) is 1. The van der Waals surface area contributed by atoms with Gasteiger partial charge in [0.2, 0.25) is 0 Å². The molecule has 0 aliphatic rings. The second kappa shape index (κ2) is 4.60. The Morgan fingerprint density at radius 1 is 1.33 bits per heavy atom. The normalized spacial score (nSPS) is 11.6. The van der Waals surface area contributed by atoms with E-state index >= 15 is 0 Å². The van der Waals surface area contributed by atoms with Gasteiger partial charge in [-0.25, -0.2) is 0 Å². The van der Waals surface area contributed by atoms with Crippen molar-refractivity contribution < 1.29 is 4.74 Å². The third-order valence-corrected chi connectivity index (χ3v) is 2.43. The van der Waals surface area contributed by atoms with Crippen LogP contribution in [0.2, 0.25) is 10.0 Å². The lowest BCUT2D eigenvalue weighted by Gasteiger charge is -2.20. The predicted molar refractivity (Wildman–Crippen MR) is 65.0 cm³/mol. The van der Waals surface area contributed by atoms with E-state index in [1.807, 2.05) is 19.9 Å². The Balaban J connectivity index is 3.15. The zero-order valence-electron chi connectivity index (χ0n) is 9.10. The summed E-state index contributed by atoms with van der Waals surface area (Å²) in [5.74, 6) is 0.652. The fourth-order valence-corrected chi connectivity index (χ4v) is 2.08. The Morgan fingerprint density at radius 3 is 2.40 bits per heavy atom. The molecule has 84 valence electrons. The van der Waals surface area contributed by atoms with E-state index in [9.17, 15) is 0 Å². The molecule has 0 unspecified atom stereocenters. The van der Waals surface area contributed by atoms with E-state index in [4.69, 9.17) is 33.7 Å². The van der Waals surface area contributed by atoms with E-state index in [0.29, 0.717) is 22.2 Å². The molecule has 2 nitrogen and oxygen atoms in total. The number of benzene rings is 1. The van der Waals surface area contributed by atoms with E-state index in [1.165, 1.54) is 0 Å². The summed E-state index contributed by atoms with van der Waals surface area (Å²) in [6, 6.07) is 3.50. The maximum Gasteiger partial charge on any atom is 0.140 e. The minimum atomic E-state index is -0.318. The van der Waals surface area contributed by atoms with E-state index in [-0.39, 0.29) is 5.54 Å². The summed E-state index contributed by atoms with van der Waals surface area (Å²) in [5, 5.41) is 1.12. The molecule has 1 aromatic carbocycles. The molecule has 1 rings (SSSR count). The molecule has 0 saturated carbocycles. The molecule has 2 N–H and O–H groups in total. The Kier molecular flexibility index (Phi) is 3.87. The smallest absolute Gasteiger partial charge is 0.140 e. The topological polar surface area (TPSA) is 35.2 Å². The van der Waals surface area contributed by atoms with Gasteiger partial charge < -0.3 is 10.5 Å². The van der Waals surface area contributed by atoms with Crippen LogP contribution in [0.4, 0.5) is 0 Å². The summed E-state index contributed by atoms with van der Waals surface area (Å²) in [7, 11) is 1.59. The minimum Gasteiger partial charge on any atom is -0.495 e. The second-order valence-corrected chi connectivity index (χ2v) is 5.09. The van der Waals surface area contributed by atoms with Crippen LogP contribution in [0.5, 0.6) is 5.75 Å². The minimum absolute atomic E-state index is 0.318. The first-order valence-electron chi connectivity index (χ1n) is 4.64. The Morgan fingerprint density at radius 2 is 1.93 bits per heavy atom. The van der Waals surface area contributed by atoms with Crippen molar-refractivity contribution in [3.63, 3.8) is 0 Å². The quantitative estimate of drug-likeness (QED) is 0.890. The molecular weight excluding hydrogens is 233 g/mol. The van der Waals surface area contributed by atoms with E-state index in [0.717, 1.165) is 5.56 Å². The summed E-state index contributed by atoms with van der Waals surface area (Å²) >= 11 is 11.9. The third kappa shape index (κ3) is 3.56. The van der Waals surface area contributed by atoms with Gasteiger partial charge in [0.05, 0.1) is 12.1 Å². The van der Waals surface area contributed by atoms with Crippen LogP contribution >= 0.6 is 23.2 Å². The highest BCUT2D eigenvalue weighted by Gasteiger charge is 2.17. The van der Waals surface area contributed by atoms with Crippen molar-refractivity contribution in [3.8, 4) is 5.75 Å². The van der Waals surface area contributed by atoms with Gasteiger partial charge in [-0.05, 0) is 38.0 Å². The molecule has 1 aromatic rings. The molecule has 15 heavy (non-hydrogen) atoms. The van der Waals surface area contributed by atoms with Gasteiger partial charge in [0, 0.05) is 10.6 Å². The summed E-state index contributed by atoms with van der Waals surface area (Å²) in [4.78, 5) is 0. The first-order valence-corrected chi connectivity index (χ1v) is 5.40. The highest BCUT2D eigenvalue weighted by molar-refractivity contribution is 6.35. The fraction of sp³-hybridized carbons (Fsp3) is 0.455. The van der Waals surface area contributed by atoms with E-state index in [2.05, 4.69) is 0 Å². The molecule has 0 heterocycles. The van der Waals surface area contributed by atoms with Gasteiger partial charge in [-0.15, -0.1) is 0 Å². The lowest BCUT2D eigenvalue weighted by Crippen LogP contribution is -2.34. The number of hydrogen-bond acceptors (Lipinski definition) is 2. The van der Waals surface area contributed by atoms with Gasteiger partial charge in [-0.2, -0.15) is 0 Å². The number of ether oxygens (including phenoxy) is 1. The van der Waals surface area contributed by atoms with Crippen molar-refractivity contribution in [2.24, 2.45) is 5.73 Å². The summed E-state index contributed by atoms with van der Waals surface area (Å²) in [6.45, 7) is 3.89. The zero-order valence-corrected chi connectivity index (χ0v) is 10.6. The molecule has 0 aliphatic carbocycles. The summed E-state index contributed by atoms with van der Waals surface area (Å²) < 4.78 is 5.23. The number of nitrogens with two attached hydrogens (primary N) is 1. The van der Waals surface area contributed by atoms with Crippen LogP contribution < -0.4 is 10.5 Å². The summed E-state index contributed by atoms with van der Waals surface area (Å²) in [6.07, 6.45) is 0.663. The fourth-order valence-electron chi connectivity index (χ4n) is 1.46. The van der Waals surface area contributed by atoms with Crippen molar-refractivity contribution in [1.29, 1.82) is 0 Å². The SMILES string of the molecule is COc1c(Cl)cc(Cl)cc1CC(C)(C)N. The van der Waals surface area contributed by atoms with Crippen LogP contribution in [0.15, 0.2) is 12.1 Å². The van der Waals surface area contributed by atoms with Crippen molar-refractivity contribution in [1.82, 2.24) is 0 Å². The molecule has 0 fully saturated rings. The molecule has 0 radical (unpaired) electrons. The largest absolute Gasteiger partial charge is 0.495 e. The molecule has 0 saturated heterocycles. The van der Waals surface area contributed by atoms with Gasteiger partial charge in [0.15, 0.2) is 0 Å². The molecule has 0 spiro atoms. The monoisotopic (exact) mass is 247 g/mol. The van der Waals surface area contributed by atoms with Crippen LogP contribution in [0.25, 0.3) is 0 Å². The van der Waals surface area contributed by atoms with Crippen LogP contribution in [0.1, 0.15) is 19.4 Å². The van der Waals surface area contributed by atoms with Crippen molar-refractivity contribution in [2.75, 3.05) is 7.11 Å². The first kappa shape index (κ1) is 12.6. The van der Waals surface area contributed by atoms with Gasteiger partial charge in [0.1, 0.15) is 5.75 Å². The maximum absolute atomic E-state index is 6.01. The second-order valence-electron chi connectivity index (χ2n) is 4.25. The average molecular weight is 248 g/mol. The molecule has 0 bridgehead atoms. The van der Waals surface area contributed by atoms with Crippen molar-refractivity contribution in [3.05, 3.63) is 27.7 Å². The van der Waals surface area contributed by atoms with Gasteiger partial charge >= 0.3 is 0 Å². The van der Waals surface area contributed by atoms with Crippen molar-refractivity contribution in [2.45, 2.75) is 25.8 Å². The number of halogens is 2. The zero-order chi connectivity index (χ0) is 11.6. The molecule has 0 atom stereocenters. The third-order valence-electron chi connectivity index (χ3n) is 1.94.